The van der Waals surface area contributed by atoms with Gasteiger partial charge in [0.25, 0.3) is 0 Å². The zero-order valence-electron chi connectivity index (χ0n) is 13.8. The van der Waals surface area contributed by atoms with Gasteiger partial charge in [-0.3, -0.25) is 0 Å². The average molecular weight is 306 g/mol. The maximum atomic E-state index is 12.3. The molecule has 0 aliphatic rings. The van der Waals surface area contributed by atoms with E-state index in [4.69, 9.17) is 9.47 Å². The molecule has 4 nitrogen and oxygen atoms in total. The highest BCUT2D eigenvalue weighted by atomic mass is 16.5. The van der Waals surface area contributed by atoms with Gasteiger partial charge in [0.2, 0.25) is 0 Å². The van der Waals surface area contributed by atoms with Gasteiger partial charge in [-0.2, -0.15) is 0 Å². The van der Waals surface area contributed by atoms with E-state index in [0.717, 1.165) is 31.2 Å². The van der Waals surface area contributed by atoms with Gasteiger partial charge >= 0.3 is 11.9 Å². The van der Waals surface area contributed by atoms with Crippen LogP contribution in [0.4, 0.5) is 0 Å². The number of hydrogen-bond donors (Lipinski definition) is 0. The van der Waals surface area contributed by atoms with E-state index in [2.05, 4.69) is 6.92 Å². The summed E-state index contributed by atoms with van der Waals surface area (Å²) in [5.41, 5.74) is 1.52. The highest BCUT2D eigenvalue weighted by Crippen LogP contribution is 2.20. The number of esters is 2. The van der Waals surface area contributed by atoms with Gasteiger partial charge in [-0.25, -0.2) is 9.59 Å². The van der Waals surface area contributed by atoms with Gasteiger partial charge in [0.15, 0.2) is 0 Å². The van der Waals surface area contributed by atoms with Gasteiger partial charge in [0.05, 0.1) is 24.3 Å². The van der Waals surface area contributed by atoms with Crippen LogP contribution in [-0.2, 0) is 15.9 Å². The molecule has 0 atom stereocenters. The zero-order chi connectivity index (χ0) is 16.4. The number of hydrogen-bond acceptors (Lipinski definition) is 4. The summed E-state index contributed by atoms with van der Waals surface area (Å²) >= 11 is 0. The Balaban J connectivity index is 3.05. The number of carbonyl (C=O) groups excluding carboxylic acids is 2. The maximum absolute atomic E-state index is 12.3. The molecule has 0 saturated carbocycles. The minimum absolute atomic E-state index is 0.280. The second kappa shape index (κ2) is 9.98. The summed E-state index contributed by atoms with van der Waals surface area (Å²) in [5, 5.41) is 0. The lowest BCUT2D eigenvalue weighted by Gasteiger charge is -2.13. The molecule has 0 fully saturated rings. The van der Waals surface area contributed by atoms with Crippen molar-refractivity contribution in [1.29, 1.82) is 0 Å². The molecule has 0 aliphatic carbocycles. The fraction of sp³-hybridized carbons (Fsp3) is 0.556. The lowest BCUT2D eigenvalue weighted by atomic mass is 9.96. The first-order valence-electron chi connectivity index (χ1n) is 8.11. The Morgan fingerprint density at radius 3 is 2.23 bits per heavy atom. The summed E-state index contributed by atoms with van der Waals surface area (Å²) in [6.07, 6.45) is 5.20. The predicted molar refractivity (Wildman–Crippen MR) is 86.2 cm³/mol. The van der Waals surface area contributed by atoms with Crippen molar-refractivity contribution in [2.75, 3.05) is 13.2 Å². The molecule has 0 bridgehead atoms. The molecule has 1 aromatic carbocycles. The largest absolute Gasteiger partial charge is 0.462 e. The number of unbranched alkanes of at least 4 members (excludes halogenated alkanes) is 3. The van der Waals surface area contributed by atoms with Crippen molar-refractivity contribution in [1.82, 2.24) is 0 Å². The quantitative estimate of drug-likeness (QED) is 0.508. The highest BCUT2D eigenvalue weighted by molar-refractivity contribution is 6.04. The molecule has 22 heavy (non-hydrogen) atoms. The van der Waals surface area contributed by atoms with Crippen molar-refractivity contribution in [3.8, 4) is 0 Å². The molecule has 0 saturated heterocycles. The second-order valence-corrected chi connectivity index (χ2v) is 5.09. The van der Waals surface area contributed by atoms with E-state index >= 15 is 0 Å². The summed E-state index contributed by atoms with van der Waals surface area (Å²) < 4.78 is 10.2. The Hall–Kier alpha value is -1.84. The predicted octanol–water partition coefficient (Wildman–Crippen LogP) is 4.16. The standard InChI is InChI=1S/C18H26O4/c1-4-7-8-9-11-14-12-10-13-15(17(19)21-5-2)16(14)18(20)22-6-3/h10,12-13H,4-9,11H2,1-3H3. The van der Waals surface area contributed by atoms with Crippen LogP contribution in [-0.4, -0.2) is 25.2 Å². The molecule has 0 radical (unpaired) electrons. The lowest BCUT2D eigenvalue weighted by molar-refractivity contribution is 0.0477. The Morgan fingerprint density at radius 1 is 0.909 bits per heavy atom. The van der Waals surface area contributed by atoms with E-state index in [0.29, 0.717) is 11.1 Å². The van der Waals surface area contributed by atoms with Crippen LogP contribution in [0.2, 0.25) is 0 Å². The smallest absolute Gasteiger partial charge is 0.339 e. The van der Waals surface area contributed by atoms with E-state index < -0.39 is 11.9 Å². The molecular weight excluding hydrogens is 280 g/mol. The first kappa shape index (κ1) is 18.2. The summed E-state index contributed by atoms with van der Waals surface area (Å²) in [4.78, 5) is 24.3. The van der Waals surface area contributed by atoms with Crippen LogP contribution in [0.1, 0.15) is 72.7 Å². The number of carbonyl (C=O) groups is 2. The fourth-order valence-electron chi connectivity index (χ4n) is 2.37. The van der Waals surface area contributed by atoms with E-state index in [1.165, 1.54) is 6.42 Å². The molecular formula is C18H26O4. The van der Waals surface area contributed by atoms with Crippen molar-refractivity contribution in [2.24, 2.45) is 0 Å². The first-order chi connectivity index (χ1) is 10.7. The molecule has 0 N–H and O–H groups in total. The van der Waals surface area contributed by atoms with Crippen molar-refractivity contribution in [2.45, 2.75) is 52.9 Å². The van der Waals surface area contributed by atoms with Crippen LogP contribution in [0, 0.1) is 0 Å². The molecule has 0 heterocycles. The SMILES string of the molecule is CCCCCCc1cccc(C(=O)OCC)c1C(=O)OCC. The van der Waals surface area contributed by atoms with Crippen molar-refractivity contribution in [3.05, 3.63) is 34.9 Å². The number of rotatable bonds is 9. The maximum Gasteiger partial charge on any atom is 0.339 e. The Labute approximate surface area is 132 Å². The van der Waals surface area contributed by atoms with E-state index in [9.17, 15) is 9.59 Å². The summed E-state index contributed by atoms with van der Waals surface area (Å²) in [6.45, 7) is 6.22. The van der Waals surface area contributed by atoms with Gasteiger partial charge < -0.3 is 9.47 Å². The number of benzene rings is 1. The molecule has 1 rings (SSSR count). The minimum Gasteiger partial charge on any atom is -0.462 e. The van der Waals surface area contributed by atoms with E-state index in [-0.39, 0.29) is 13.2 Å². The fourth-order valence-corrected chi connectivity index (χ4v) is 2.37. The summed E-state index contributed by atoms with van der Waals surface area (Å²) in [6, 6.07) is 5.31. The van der Waals surface area contributed by atoms with Crippen LogP contribution in [0.25, 0.3) is 0 Å². The molecule has 4 heteroatoms. The van der Waals surface area contributed by atoms with Gasteiger partial charge in [-0.1, -0.05) is 38.3 Å². The molecule has 0 amide bonds. The van der Waals surface area contributed by atoms with Crippen LogP contribution >= 0.6 is 0 Å². The van der Waals surface area contributed by atoms with Gasteiger partial charge in [0, 0.05) is 0 Å². The molecule has 0 aliphatic heterocycles. The normalized spacial score (nSPS) is 10.3. The Morgan fingerprint density at radius 2 is 1.59 bits per heavy atom. The molecule has 122 valence electrons. The second-order valence-electron chi connectivity index (χ2n) is 5.09. The lowest BCUT2D eigenvalue weighted by Crippen LogP contribution is -2.16. The third-order valence-corrected chi connectivity index (χ3v) is 3.43. The molecule has 0 spiro atoms. The monoisotopic (exact) mass is 306 g/mol. The highest BCUT2D eigenvalue weighted by Gasteiger charge is 2.22. The van der Waals surface area contributed by atoms with Crippen LogP contribution in [0.3, 0.4) is 0 Å². The summed E-state index contributed by atoms with van der Waals surface area (Å²) in [5.74, 6) is -0.919. The van der Waals surface area contributed by atoms with E-state index in [1.807, 2.05) is 6.07 Å². The topological polar surface area (TPSA) is 52.6 Å². The van der Waals surface area contributed by atoms with Crippen molar-refractivity contribution < 1.29 is 19.1 Å². The van der Waals surface area contributed by atoms with Crippen LogP contribution < -0.4 is 0 Å². The van der Waals surface area contributed by atoms with Crippen molar-refractivity contribution >= 4 is 11.9 Å². The molecule has 0 unspecified atom stereocenters. The van der Waals surface area contributed by atoms with E-state index in [1.54, 1.807) is 26.0 Å². The average Bonchev–Trinajstić information content (AvgIpc) is 2.51. The molecule has 1 aromatic rings. The van der Waals surface area contributed by atoms with Gasteiger partial charge in [-0.05, 0) is 38.3 Å². The minimum atomic E-state index is -0.471. The Kier molecular flexibility index (Phi) is 8.26. The van der Waals surface area contributed by atoms with Crippen molar-refractivity contribution in [3.63, 3.8) is 0 Å². The van der Waals surface area contributed by atoms with Gasteiger partial charge in [-0.15, -0.1) is 0 Å². The summed E-state index contributed by atoms with van der Waals surface area (Å²) in [7, 11) is 0. The Bertz CT molecular complexity index is 494. The first-order valence-corrected chi connectivity index (χ1v) is 8.11. The van der Waals surface area contributed by atoms with Crippen LogP contribution in [0.5, 0.6) is 0 Å². The number of ether oxygens (including phenoxy) is 2. The third kappa shape index (κ3) is 5.17. The zero-order valence-corrected chi connectivity index (χ0v) is 13.8. The van der Waals surface area contributed by atoms with Crippen LogP contribution in [0.15, 0.2) is 18.2 Å². The third-order valence-electron chi connectivity index (χ3n) is 3.43. The number of aryl methyl sites for hydroxylation is 1. The molecule has 0 aromatic heterocycles. The van der Waals surface area contributed by atoms with Gasteiger partial charge in [0.1, 0.15) is 0 Å².